The Kier molecular flexibility index (Phi) is 4.14. The van der Waals surface area contributed by atoms with Crippen LogP contribution in [0.3, 0.4) is 0 Å². The van der Waals surface area contributed by atoms with Crippen LogP contribution in [0.5, 0.6) is 0 Å². The molecule has 3 rings (SSSR count). The zero-order valence-corrected chi connectivity index (χ0v) is 13.1. The van der Waals surface area contributed by atoms with Crippen LogP contribution in [-0.2, 0) is 6.54 Å². The van der Waals surface area contributed by atoms with Gasteiger partial charge in [-0.1, -0.05) is 0 Å². The highest BCUT2D eigenvalue weighted by atomic mass is 32.1. The van der Waals surface area contributed by atoms with E-state index in [1.54, 1.807) is 11.3 Å². The van der Waals surface area contributed by atoms with Crippen molar-refractivity contribution >= 4 is 29.2 Å². The molecule has 1 saturated heterocycles. The fourth-order valence-electron chi connectivity index (χ4n) is 2.25. The standard InChI is InChI=1S/C13H19N7S/c1-9-7-15-10(21-9)8-16-12-17-11(14-2)18-13(19-12)20-5-3-4-6-20/h7H,3-6,8H2,1-2H3,(H2,14,16,17,18,19). The molecule has 1 aliphatic rings. The SMILES string of the molecule is CNc1nc(NCc2ncc(C)s2)nc(N2CCCC2)n1. The number of nitrogens with zero attached hydrogens (tertiary/aromatic N) is 5. The van der Waals surface area contributed by atoms with Crippen molar-refractivity contribution in [1.82, 2.24) is 19.9 Å². The van der Waals surface area contributed by atoms with E-state index in [-0.39, 0.29) is 0 Å². The number of thiazole rings is 1. The third kappa shape index (κ3) is 3.38. The summed E-state index contributed by atoms with van der Waals surface area (Å²) in [6, 6.07) is 0. The first-order valence-electron chi connectivity index (χ1n) is 7.08. The topological polar surface area (TPSA) is 78.9 Å². The lowest BCUT2D eigenvalue weighted by Gasteiger charge is -2.16. The molecule has 0 spiro atoms. The predicted molar refractivity (Wildman–Crippen MR) is 85.0 cm³/mol. The smallest absolute Gasteiger partial charge is 0.231 e. The van der Waals surface area contributed by atoms with Gasteiger partial charge in [0.1, 0.15) is 5.01 Å². The molecule has 0 aliphatic carbocycles. The van der Waals surface area contributed by atoms with Crippen molar-refractivity contribution in [3.05, 3.63) is 16.1 Å². The molecule has 0 saturated carbocycles. The summed E-state index contributed by atoms with van der Waals surface area (Å²) < 4.78 is 0. The third-order valence-corrected chi connectivity index (χ3v) is 4.22. The van der Waals surface area contributed by atoms with Crippen molar-refractivity contribution in [3.8, 4) is 0 Å². The predicted octanol–water partition coefficient (Wildman–Crippen LogP) is 1.89. The van der Waals surface area contributed by atoms with Gasteiger partial charge < -0.3 is 15.5 Å². The molecule has 7 nitrogen and oxygen atoms in total. The van der Waals surface area contributed by atoms with Gasteiger partial charge in [0.25, 0.3) is 0 Å². The molecule has 0 unspecified atom stereocenters. The van der Waals surface area contributed by atoms with E-state index in [2.05, 4.69) is 42.4 Å². The molecule has 1 fully saturated rings. The minimum atomic E-state index is 0.587. The van der Waals surface area contributed by atoms with Crippen LogP contribution in [0.15, 0.2) is 6.20 Å². The first-order valence-corrected chi connectivity index (χ1v) is 7.90. The summed E-state index contributed by atoms with van der Waals surface area (Å²) in [5.41, 5.74) is 0. The highest BCUT2D eigenvalue weighted by Gasteiger charge is 2.17. The number of rotatable bonds is 5. The fraction of sp³-hybridized carbons (Fsp3) is 0.538. The van der Waals surface area contributed by atoms with Crippen LogP contribution >= 0.6 is 11.3 Å². The summed E-state index contributed by atoms with van der Waals surface area (Å²) in [6.45, 7) is 4.70. The van der Waals surface area contributed by atoms with Crippen molar-refractivity contribution < 1.29 is 0 Å². The average molecular weight is 305 g/mol. The second-order valence-electron chi connectivity index (χ2n) is 4.94. The molecule has 112 valence electrons. The Bertz CT molecular complexity index is 606. The summed E-state index contributed by atoms with van der Waals surface area (Å²) in [5, 5.41) is 7.25. The van der Waals surface area contributed by atoms with E-state index in [4.69, 9.17) is 0 Å². The molecule has 8 heteroatoms. The summed E-state index contributed by atoms with van der Waals surface area (Å²) in [4.78, 5) is 21.0. The molecule has 0 radical (unpaired) electrons. The molecule has 0 bridgehead atoms. The highest BCUT2D eigenvalue weighted by molar-refractivity contribution is 7.11. The molecule has 2 aromatic rings. The molecule has 0 amide bonds. The van der Waals surface area contributed by atoms with Crippen molar-refractivity contribution in [3.63, 3.8) is 0 Å². The van der Waals surface area contributed by atoms with Crippen LogP contribution < -0.4 is 15.5 Å². The van der Waals surface area contributed by atoms with Crippen LogP contribution in [0.1, 0.15) is 22.7 Å². The fourth-order valence-corrected chi connectivity index (χ4v) is 2.98. The monoisotopic (exact) mass is 305 g/mol. The van der Waals surface area contributed by atoms with E-state index in [0.717, 1.165) is 24.0 Å². The number of aryl methyl sites for hydroxylation is 1. The number of anilines is 3. The van der Waals surface area contributed by atoms with Crippen molar-refractivity contribution in [2.24, 2.45) is 0 Å². The van der Waals surface area contributed by atoms with Gasteiger partial charge in [0.2, 0.25) is 17.8 Å². The van der Waals surface area contributed by atoms with Crippen LogP contribution in [0.25, 0.3) is 0 Å². The Hall–Kier alpha value is -1.96. The van der Waals surface area contributed by atoms with Gasteiger partial charge >= 0.3 is 0 Å². The zero-order chi connectivity index (χ0) is 14.7. The van der Waals surface area contributed by atoms with Gasteiger partial charge in [0.15, 0.2) is 0 Å². The molecular weight excluding hydrogens is 286 g/mol. The first-order chi connectivity index (χ1) is 10.2. The molecule has 2 N–H and O–H groups in total. The molecule has 0 aromatic carbocycles. The van der Waals surface area contributed by atoms with Gasteiger partial charge in [0.05, 0.1) is 6.54 Å². The second kappa shape index (κ2) is 6.21. The van der Waals surface area contributed by atoms with E-state index in [1.165, 1.54) is 17.7 Å². The van der Waals surface area contributed by atoms with E-state index in [1.807, 2.05) is 13.2 Å². The van der Waals surface area contributed by atoms with Gasteiger partial charge in [-0.3, -0.25) is 0 Å². The van der Waals surface area contributed by atoms with Crippen LogP contribution in [0.4, 0.5) is 17.8 Å². The molecule has 0 atom stereocenters. The van der Waals surface area contributed by atoms with Crippen molar-refractivity contribution in [2.45, 2.75) is 26.3 Å². The maximum Gasteiger partial charge on any atom is 0.231 e. The van der Waals surface area contributed by atoms with Gasteiger partial charge in [-0.05, 0) is 19.8 Å². The van der Waals surface area contributed by atoms with E-state index < -0.39 is 0 Å². The van der Waals surface area contributed by atoms with E-state index in [0.29, 0.717) is 18.4 Å². The maximum atomic E-state index is 4.51. The van der Waals surface area contributed by atoms with Gasteiger partial charge in [-0.2, -0.15) is 15.0 Å². The third-order valence-electron chi connectivity index (χ3n) is 3.30. The Labute approximate surface area is 127 Å². The van der Waals surface area contributed by atoms with E-state index in [9.17, 15) is 0 Å². The van der Waals surface area contributed by atoms with Crippen molar-refractivity contribution in [2.75, 3.05) is 35.7 Å². The largest absolute Gasteiger partial charge is 0.357 e. The minimum absolute atomic E-state index is 0.587. The lowest BCUT2D eigenvalue weighted by Crippen LogP contribution is -2.22. The van der Waals surface area contributed by atoms with Crippen LogP contribution in [-0.4, -0.2) is 40.1 Å². The zero-order valence-electron chi connectivity index (χ0n) is 12.3. The van der Waals surface area contributed by atoms with Crippen molar-refractivity contribution in [1.29, 1.82) is 0 Å². The normalized spacial score (nSPS) is 14.5. The van der Waals surface area contributed by atoms with E-state index >= 15 is 0 Å². The summed E-state index contributed by atoms with van der Waals surface area (Å²) in [7, 11) is 1.82. The minimum Gasteiger partial charge on any atom is -0.357 e. The first kappa shape index (κ1) is 14.0. The quantitative estimate of drug-likeness (QED) is 0.873. The Morgan fingerprint density at radius 3 is 2.62 bits per heavy atom. The van der Waals surface area contributed by atoms with Gasteiger partial charge in [-0.15, -0.1) is 11.3 Å². The molecular formula is C13H19N7S. The average Bonchev–Trinajstić information content (AvgIpc) is 3.16. The second-order valence-corrected chi connectivity index (χ2v) is 6.26. The molecule has 1 aliphatic heterocycles. The maximum absolute atomic E-state index is 4.51. The number of hydrogen-bond acceptors (Lipinski definition) is 8. The summed E-state index contributed by atoms with van der Waals surface area (Å²) in [6.07, 6.45) is 4.27. The van der Waals surface area contributed by atoms with Gasteiger partial charge in [0, 0.05) is 31.2 Å². The van der Waals surface area contributed by atoms with Crippen LogP contribution in [0, 0.1) is 6.92 Å². The number of aromatic nitrogens is 4. The van der Waals surface area contributed by atoms with Crippen LogP contribution in [0.2, 0.25) is 0 Å². The molecule has 3 heterocycles. The highest BCUT2D eigenvalue weighted by Crippen LogP contribution is 2.19. The summed E-state index contributed by atoms with van der Waals surface area (Å²) in [5.74, 6) is 1.92. The Morgan fingerprint density at radius 2 is 1.95 bits per heavy atom. The lowest BCUT2D eigenvalue weighted by molar-refractivity contribution is 0.877. The molecule has 21 heavy (non-hydrogen) atoms. The lowest BCUT2D eigenvalue weighted by atomic mass is 10.4. The Balaban J connectivity index is 1.75. The number of hydrogen-bond donors (Lipinski definition) is 2. The van der Waals surface area contributed by atoms with Gasteiger partial charge in [-0.25, -0.2) is 4.98 Å². The summed E-state index contributed by atoms with van der Waals surface area (Å²) >= 11 is 1.68. The molecule has 2 aromatic heterocycles. The Morgan fingerprint density at radius 1 is 1.19 bits per heavy atom. The number of nitrogens with one attached hydrogen (secondary N) is 2.